The van der Waals surface area contributed by atoms with E-state index in [1.54, 1.807) is 23.6 Å². The molecule has 0 unspecified atom stereocenters. The second-order valence-electron chi connectivity index (χ2n) is 3.65. The number of fused-ring (bicyclic) bond motifs is 1. The molecule has 0 N–H and O–H groups in total. The van der Waals surface area contributed by atoms with E-state index in [1.165, 1.54) is 15.3 Å². The average molecular weight is 283 g/mol. The molecule has 17 heavy (non-hydrogen) atoms. The lowest BCUT2D eigenvalue weighted by molar-refractivity contribution is 0.591. The molecule has 0 aliphatic carbocycles. The summed E-state index contributed by atoms with van der Waals surface area (Å²) in [5.41, 5.74) is 0.751. The van der Waals surface area contributed by atoms with Gasteiger partial charge in [-0.05, 0) is 36.6 Å². The van der Waals surface area contributed by atoms with Crippen molar-refractivity contribution in [3.05, 3.63) is 40.7 Å². The Hall–Kier alpha value is -1.11. The maximum atomic E-state index is 12.4. The largest absolute Gasteiger partial charge is 0.277 e. The van der Waals surface area contributed by atoms with Gasteiger partial charge in [0.25, 0.3) is 10.0 Å². The molecule has 3 heterocycles. The van der Waals surface area contributed by atoms with Crippen molar-refractivity contribution >= 4 is 42.9 Å². The van der Waals surface area contributed by atoms with E-state index in [0.29, 0.717) is 4.21 Å². The molecule has 3 nitrogen and oxygen atoms in total. The third kappa shape index (κ3) is 1.64. The Kier molecular flexibility index (Phi) is 2.39. The molecule has 0 saturated heterocycles. The molecule has 0 atom stereocenters. The SMILES string of the molecule is Cc1ccc(S(=O)(=O)n2ccc3sccc32)s1. The van der Waals surface area contributed by atoms with Crippen LogP contribution in [0.25, 0.3) is 10.2 Å². The number of aromatic nitrogens is 1. The van der Waals surface area contributed by atoms with Crippen molar-refractivity contribution in [2.45, 2.75) is 11.1 Å². The zero-order valence-electron chi connectivity index (χ0n) is 8.95. The Morgan fingerprint density at radius 1 is 1.18 bits per heavy atom. The minimum atomic E-state index is -3.43. The van der Waals surface area contributed by atoms with Gasteiger partial charge < -0.3 is 0 Å². The molecule has 0 aliphatic heterocycles. The lowest BCUT2D eigenvalue weighted by Crippen LogP contribution is -2.09. The highest BCUT2D eigenvalue weighted by molar-refractivity contribution is 7.92. The first-order valence-corrected chi connectivity index (χ1v) is 8.09. The first-order valence-electron chi connectivity index (χ1n) is 4.95. The Morgan fingerprint density at radius 2 is 2.00 bits per heavy atom. The molecule has 0 fully saturated rings. The molecule has 3 aromatic heterocycles. The van der Waals surface area contributed by atoms with Gasteiger partial charge in [0.1, 0.15) is 4.21 Å². The highest BCUT2D eigenvalue weighted by Crippen LogP contribution is 2.28. The Labute approximate surface area is 107 Å². The van der Waals surface area contributed by atoms with Crippen molar-refractivity contribution < 1.29 is 8.42 Å². The molecular weight excluding hydrogens is 274 g/mol. The van der Waals surface area contributed by atoms with Gasteiger partial charge in [-0.3, -0.25) is 0 Å². The second kappa shape index (κ2) is 3.69. The van der Waals surface area contributed by atoms with E-state index in [1.807, 2.05) is 30.5 Å². The standard InChI is InChI=1S/C11H9NO2S3/c1-8-2-3-11(16-8)17(13,14)12-6-4-10-9(12)5-7-15-10/h2-7H,1H3. The molecule has 3 aromatic rings. The summed E-state index contributed by atoms with van der Waals surface area (Å²) in [4.78, 5) is 0.997. The topological polar surface area (TPSA) is 39.1 Å². The zero-order valence-corrected chi connectivity index (χ0v) is 11.4. The Bertz CT molecular complexity index is 776. The summed E-state index contributed by atoms with van der Waals surface area (Å²) >= 11 is 2.84. The van der Waals surface area contributed by atoms with Crippen LogP contribution in [0.15, 0.2) is 40.1 Å². The first-order chi connectivity index (χ1) is 8.09. The highest BCUT2D eigenvalue weighted by Gasteiger charge is 2.20. The highest BCUT2D eigenvalue weighted by atomic mass is 32.2. The normalized spacial score (nSPS) is 12.3. The monoisotopic (exact) mass is 283 g/mol. The maximum absolute atomic E-state index is 12.4. The van der Waals surface area contributed by atoms with Crippen LogP contribution in [-0.2, 0) is 10.0 Å². The molecule has 0 aromatic carbocycles. The molecule has 0 aliphatic rings. The number of hydrogen-bond donors (Lipinski definition) is 0. The fraction of sp³-hybridized carbons (Fsp3) is 0.0909. The van der Waals surface area contributed by atoms with Gasteiger partial charge in [0, 0.05) is 11.1 Å². The molecule has 0 bridgehead atoms. The summed E-state index contributed by atoms with van der Waals surface area (Å²) in [5, 5.41) is 1.90. The van der Waals surface area contributed by atoms with Gasteiger partial charge in [-0.2, -0.15) is 8.42 Å². The van der Waals surface area contributed by atoms with E-state index in [9.17, 15) is 8.42 Å². The van der Waals surface area contributed by atoms with Crippen LogP contribution >= 0.6 is 22.7 Å². The van der Waals surface area contributed by atoms with E-state index in [-0.39, 0.29) is 0 Å². The maximum Gasteiger partial charge on any atom is 0.277 e. The molecule has 6 heteroatoms. The van der Waals surface area contributed by atoms with E-state index < -0.39 is 10.0 Å². The van der Waals surface area contributed by atoms with Crippen LogP contribution in [0.4, 0.5) is 0 Å². The summed E-state index contributed by atoms with van der Waals surface area (Å²) < 4.78 is 27.5. The Balaban J connectivity index is 2.25. The van der Waals surface area contributed by atoms with E-state index in [0.717, 1.165) is 15.1 Å². The number of hydrogen-bond acceptors (Lipinski definition) is 4. The number of thiophene rings is 2. The molecule has 88 valence electrons. The average Bonchev–Trinajstić information content (AvgIpc) is 2.89. The van der Waals surface area contributed by atoms with Crippen LogP contribution in [0.3, 0.4) is 0 Å². The van der Waals surface area contributed by atoms with Crippen LogP contribution < -0.4 is 0 Å². The van der Waals surface area contributed by atoms with Crippen molar-refractivity contribution in [3.8, 4) is 0 Å². The van der Waals surface area contributed by atoms with Crippen LogP contribution in [-0.4, -0.2) is 12.4 Å². The molecule has 0 saturated carbocycles. The van der Waals surface area contributed by atoms with Gasteiger partial charge in [-0.15, -0.1) is 22.7 Å². The van der Waals surface area contributed by atoms with Gasteiger partial charge in [-0.25, -0.2) is 3.97 Å². The van der Waals surface area contributed by atoms with Gasteiger partial charge >= 0.3 is 0 Å². The fourth-order valence-corrected chi connectivity index (χ4v) is 5.24. The number of aryl methyl sites for hydroxylation is 1. The van der Waals surface area contributed by atoms with Gasteiger partial charge in [0.2, 0.25) is 0 Å². The molecule has 0 amide bonds. The predicted octanol–water partition coefficient (Wildman–Crippen LogP) is 3.31. The smallest absolute Gasteiger partial charge is 0.240 e. The van der Waals surface area contributed by atoms with Crippen LogP contribution in [0.2, 0.25) is 0 Å². The summed E-state index contributed by atoms with van der Waals surface area (Å²) in [5.74, 6) is 0. The first kappa shape index (κ1) is 11.0. The fourth-order valence-electron chi connectivity index (χ4n) is 1.69. The van der Waals surface area contributed by atoms with Crippen molar-refractivity contribution in [1.82, 2.24) is 3.97 Å². The zero-order chi connectivity index (χ0) is 12.0. The molecule has 0 radical (unpaired) electrons. The van der Waals surface area contributed by atoms with E-state index >= 15 is 0 Å². The van der Waals surface area contributed by atoms with Crippen LogP contribution in [0.1, 0.15) is 4.88 Å². The van der Waals surface area contributed by atoms with E-state index in [2.05, 4.69) is 0 Å². The van der Waals surface area contributed by atoms with Crippen molar-refractivity contribution in [2.75, 3.05) is 0 Å². The quantitative estimate of drug-likeness (QED) is 0.724. The summed E-state index contributed by atoms with van der Waals surface area (Å²) in [7, 11) is -3.43. The lowest BCUT2D eigenvalue weighted by Gasteiger charge is -2.03. The van der Waals surface area contributed by atoms with Crippen LogP contribution in [0, 0.1) is 6.92 Å². The summed E-state index contributed by atoms with van der Waals surface area (Å²) in [6, 6.07) is 7.15. The van der Waals surface area contributed by atoms with Gasteiger partial charge in [-0.1, -0.05) is 0 Å². The number of rotatable bonds is 2. The summed E-state index contributed by atoms with van der Waals surface area (Å²) in [6.45, 7) is 1.90. The minimum Gasteiger partial charge on any atom is -0.240 e. The Morgan fingerprint density at radius 3 is 2.71 bits per heavy atom. The van der Waals surface area contributed by atoms with Gasteiger partial charge in [0.05, 0.1) is 10.2 Å². The van der Waals surface area contributed by atoms with Crippen LogP contribution in [0.5, 0.6) is 0 Å². The van der Waals surface area contributed by atoms with Crippen molar-refractivity contribution in [1.29, 1.82) is 0 Å². The van der Waals surface area contributed by atoms with Gasteiger partial charge in [0.15, 0.2) is 0 Å². The van der Waals surface area contributed by atoms with E-state index in [4.69, 9.17) is 0 Å². The minimum absolute atomic E-state index is 0.388. The lowest BCUT2D eigenvalue weighted by atomic mass is 10.5. The van der Waals surface area contributed by atoms with Crippen molar-refractivity contribution in [2.24, 2.45) is 0 Å². The molecule has 3 rings (SSSR count). The number of nitrogens with zero attached hydrogens (tertiary/aromatic N) is 1. The van der Waals surface area contributed by atoms with Crippen molar-refractivity contribution in [3.63, 3.8) is 0 Å². The molecular formula is C11H9NO2S3. The third-order valence-electron chi connectivity index (χ3n) is 2.50. The third-order valence-corrected chi connectivity index (χ3v) is 6.53. The summed E-state index contributed by atoms with van der Waals surface area (Å²) in [6.07, 6.45) is 1.62. The predicted molar refractivity (Wildman–Crippen MR) is 71.5 cm³/mol. The second-order valence-corrected chi connectivity index (χ2v) is 7.93. The molecule has 0 spiro atoms.